The molecule has 0 fully saturated rings. The second-order valence-corrected chi connectivity index (χ2v) is 7.35. The molecule has 0 aliphatic carbocycles. The van der Waals surface area contributed by atoms with Gasteiger partial charge in [0.15, 0.2) is 0 Å². The monoisotopic (exact) mass is 347 g/mol. The van der Waals surface area contributed by atoms with Gasteiger partial charge in [0.2, 0.25) is 0 Å². The molecule has 0 spiro atoms. The number of thioether (sulfide) groups is 1. The fourth-order valence-corrected chi connectivity index (χ4v) is 4.28. The van der Waals surface area contributed by atoms with E-state index in [9.17, 15) is 0 Å². The standard InChI is InChI=1S/C17H18BrNS/c1-2-12-9-14(18)7-8-16(12)19-11-15-10-13-5-3-4-6-17(13)20-15/h3-9,15,19H,2,10-11H2,1H3. The van der Waals surface area contributed by atoms with E-state index in [0.29, 0.717) is 5.25 Å². The predicted molar refractivity (Wildman–Crippen MR) is 91.8 cm³/mol. The summed E-state index contributed by atoms with van der Waals surface area (Å²) in [5, 5.41) is 4.27. The van der Waals surface area contributed by atoms with E-state index >= 15 is 0 Å². The number of aryl methyl sites for hydroxylation is 1. The number of hydrogen-bond donors (Lipinski definition) is 1. The highest BCUT2D eigenvalue weighted by molar-refractivity contribution is 9.10. The molecular formula is C17H18BrNS. The number of anilines is 1. The van der Waals surface area contributed by atoms with Gasteiger partial charge in [0.1, 0.15) is 0 Å². The Kier molecular flexibility index (Phi) is 4.37. The zero-order chi connectivity index (χ0) is 13.9. The van der Waals surface area contributed by atoms with Crippen LogP contribution in [0.25, 0.3) is 0 Å². The van der Waals surface area contributed by atoms with Crippen molar-refractivity contribution >= 4 is 33.4 Å². The van der Waals surface area contributed by atoms with Crippen LogP contribution < -0.4 is 5.32 Å². The molecule has 0 bridgehead atoms. The first-order chi connectivity index (χ1) is 9.76. The Balaban J connectivity index is 1.64. The second kappa shape index (κ2) is 6.23. The summed E-state index contributed by atoms with van der Waals surface area (Å²) in [4.78, 5) is 1.45. The van der Waals surface area contributed by atoms with Crippen LogP contribution in [-0.2, 0) is 12.8 Å². The highest BCUT2D eigenvalue weighted by Gasteiger charge is 2.21. The Morgan fingerprint density at radius 2 is 2.10 bits per heavy atom. The normalized spacial score (nSPS) is 17.0. The van der Waals surface area contributed by atoms with Crippen molar-refractivity contribution in [1.29, 1.82) is 0 Å². The van der Waals surface area contributed by atoms with Gasteiger partial charge in [-0.25, -0.2) is 0 Å². The van der Waals surface area contributed by atoms with Crippen LogP contribution in [0.1, 0.15) is 18.1 Å². The average Bonchev–Trinajstić information content (AvgIpc) is 2.88. The second-order valence-electron chi connectivity index (χ2n) is 5.09. The maximum absolute atomic E-state index is 3.63. The molecule has 1 atom stereocenters. The van der Waals surface area contributed by atoms with Crippen molar-refractivity contribution in [2.45, 2.75) is 29.9 Å². The Bertz CT molecular complexity index is 587. The lowest BCUT2D eigenvalue weighted by Crippen LogP contribution is -2.16. The van der Waals surface area contributed by atoms with Crippen LogP contribution in [0.4, 0.5) is 5.69 Å². The molecule has 0 saturated heterocycles. The highest BCUT2D eigenvalue weighted by Crippen LogP contribution is 2.36. The number of hydrogen-bond acceptors (Lipinski definition) is 2. The van der Waals surface area contributed by atoms with Gasteiger partial charge in [0.25, 0.3) is 0 Å². The van der Waals surface area contributed by atoms with E-state index in [1.54, 1.807) is 0 Å². The van der Waals surface area contributed by atoms with Crippen molar-refractivity contribution in [1.82, 2.24) is 0 Å². The predicted octanol–water partition coefficient (Wildman–Crippen LogP) is 5.14. The SMILES string of the molecule is CCc1cc(Br)ccc1NCC1Cc2ccccc2S1. The van der Waals surface area contributed by atoms with Gasteiger partial charge in [-0.05, 0) is 48.2 Å². The highest BCUT2D eigenvalue weighted by atomic mass is 79.9. The van der Waals surface area contributed by atoms with Crippen molar-refractivity contribution in [2.24, 2.45) is 0 Å². The Labute approximate surface area is 133 Å². The zero-order valence-electron chi connectivity index (χ0n) is 11.5. The van der Waals surface area contributed by atoms with Gasteiger partial charge in [0.05, 0.1) is 0 Å². The lowest BCUT2D eigenvalue weighted by Gasteiger charge is -2.14. The molecule has 2 aromatic rings. The van der Waals surface area contributed by atoms with Crippen molar-refractivity contribution in [3.8, 4) is 0 Å². The molecule has 3 rings (SSSR count). The van der Waals surface area contributed by atoms with Crippen LogP contribution in [0.5, 0.6) is 0 Å². The molecule has 1 nitrogen and oxygen atoms in total. The Morgan fingerprint density at radius 3 is 2.90 bits per heavy atom. The number of benzene rings is 2. The summed E-state index contributed by atoms with van der Waals surface area (Å²) in [6.45, 7) is 3.22. The van der Waals surface area contributed by atoms with E-state index in [-0.39, 0.29) is 0 Å². The van der Waals surface area contributed by atoms with Gasteiger partial charge < -0.3 is 5.32 Å². The first-order valence-electron chi connectivity index (χ1n) is 7.03. The third kappa shape index (κ3) is 3.04. The topological polar surface area (TPSA) is 12.0 Å². The van der Waals surface area contributed by atoms with Gasteiger partial charge in [0, 0.05) is 26.9 Å². The van der Waals surface area contributed by atoms with E-state index in [1.807, 2.05) is 11.8 Å². The maximum Gasteiger partial charge on any atom is 0.0373 e. The van der Waals surface area contributed by atoms with Crippen molar-refractivity contribution in [3.63, 3.8) is 0 Å². The van der Waals surface area contributed by atoms with E-state index in [0.717, 1.165) is 17.4 Å². The number of nitrogens with one attached hydrogen (secondary N) is 1. The molecule has 1 aliphatic heterocycles. The van der Waals surface area contributed by atoms with E-state index in [2.05, 4.69) is 70.6 Å². The molecule has 1 heterocycles. The fraction of sp³-hybridized carbons (Fsp3) is 0.294. The van der Waals surface area contributed by atoms with Gasteiger partial charge in [-0.15, -0.1) is 11.8 Å². The average molecular weight is 348 g/mol. The van der Waals surface area contributed by atoms with Crippen LogP contribution in [0.15, 0.2) is 51.8 Å². The van der Waals surface area contributed by atoms with Gasteiger partial charge in [-0.1, -0.05) is 41.1 Å². The minimum absolute atomic E-state index is 0.640. The smallest absolute Gasteiger partial charge is 0.0373 e. The molecule has 1 unspecified atom stereocenters. The molecule has 0 amide bonds. The molecule has 104 valence electrons. The van der Waals surface area contributed by atoms with Crippen LogP contribution >= 0.6 is 27.7 Å². The molecule has 3 heteroatoms. The molecular weight excluding hydrogens is 330 g/mol. The molecule has 1 aliphatic rings. The van der Waals surface area contributed by atoms with Gasteiger partial charge in [-0.3, -0.25) is 0 Å². The summed E-state index contributed by atoms with van der Waals surface area (Å²) < 4.78 is 1.16. The summed E-state index contributed by atoms with van der Waals surface area (Å²) in [7, 11) is 0. The number of halogens is 1. The molecule has 20 heavy (non-hydrogen) atoms. The van der Waals surface area contributed by atoms with Crippen LogP contribution in [-0.4, -0.2) is 11.8 Å². The third-order valence-electron chi connectivity index (χ3n) is 3.68. The molecule has 0 aromatic heterocycles. The van der Waals surface area contributed by atoms with E-state index in [1.165, 1.54) is 28.1 Å². The summed E-state index contributed by atoms with van der Waals surface area (Å²) in [5.41, 5.74) is 4.14. The van der Waals surface area contributed by atoms with Gasteiger partial charge in [-0.2, -0.15) is 0 Å². The summed E-state index contributed by atoms with van der Waals surface area (Å²) >= 11 is 5.54. The van der Waals surface area contributed by atoms with Crippen LogP contribution in [0.3, 0.4) is 0 Å². The Morgan fingerprint density at radius 1 is 1.25 bits per heavy atom. The molecule has 0 radical (unpaired) electrons. The molecule has 2 aromatic carbocycles. The lowest BCUT2D eigenvalue weighted by molar-refractivity contribution is 0.896. The van der Waals surface area contributed by atoms with Crippen molar-refractivity contribution < 1.29 is 0 Å². The Hall–Kier alpha value is -0.930. The molecule has 0 saturated carbocycles. The summed E-state index contributed by atoms with van der Waals surface area (Å²) in [6.07, 6.45) is 2.23. The fourth-order valence-electron chi connectivity index (χ4n) is 2.62. The minimum atomic E-state index is 0.640. The largest absolute Gasteiger partial charge is 0.384 e. The maximum atomic E-state index is 3.63. The first kappa shape index (κ1) is 14.0. The molecule has 1 N–H and O–H groups in total. The third-order valence-corrected chi connectivity index (χ3v) is 5.49. The first-order valence-corrected chi connectivity index (χ1v) is 8.70. The summed E-state index contributed by atoms with van der Waals surface area (Å²) in [5.74, 6) is 0. The van der Waals surface area contributed by atoms with E-state index < -0.39 is 0 Å². The lowest BCUT2D eigenvalue weighted by atomic mass is 10.1. The zero-order valence-corrected chi connectivity index (χ0v) is 13.9. The van der Waals surface area contributed by atoms with Gasteiger partial charge >= 0.3 is 0 Å². The summed E-state index contributed by atoms with van der Waals surface area (Å²) in [6, 6.07) is 15.2. The van der Waals surface area contributed by atoms with Crippen LogP contribution in [0, 0.1) is 0 Å². The van der Waals surface area contributed by atoms with Crippen LogP contribution in [0.2, 0.25) is 0 Å². The van der Waals surface area contributed by atoms with Crippen molar-refractivity contribution in [3.05, 3.63) is 58.1 Å². The van der Waals surface area contributed by atoms with E-state index in [4.69, 9.17) is 0 Å². The quantitative estimate of drug-likeness (QED) is 0.821. The van der Waals surface area contributed by atoms with Crippen molar-refractivity contribution in [2.75, 3.05) is 11.9 Å². The number of rotatable bonds is 4. The minimum Gasteiger partial charge on any atom is -0.384 e. The number of fused-ring (bicyclic) bond motifs is 1.